The number of aliphatic carboxylic acids is 1. The van der Waals surface area contributed by atoms with Crippen LogP contribution in [0, 0.1) is 0 Å². The lowest BCUT2D eigenvalue weighted by atomic mass is 10.4. The highest BCUT2D eigenvalue weighted by Gasteiger charge is 1.99. The van der Waals surface area contributed by atoms with Crippen molar-refractivity contribution < 1.29 is 9.90 Å². The molecule has 13 heavy (non-hydrogen) atoms. The van der Waals surface area contributed by atoms with Crippen LogP contribution in [0.3, 0.4) is 0 Å². The van der Waals surface area contributed by atoms with Crippen LogP contribution in [0.4, 0.5) is 0 Å². The summed E-state index contributed by atoms with van der Waals surface area (Å²) in [5, 5.41) is 7.84. The minimum Gasteiger partial charge on any atom is -0.481 e. The molecule has 0 aliphatic carbocycles. The molecule has 0 unspecified atom stereocenters. The zero-order valence-electron chi connectivity index (χ0n) is 8.10. The second-order valence-corrected chi connectivity index (χ2v) is 2.84. The summed E-state index contributed by atoms with van der Waals surface area (Å²) in [6, 6.07) is 0. The van der Waals surface area contributed by atoms with E-state index in [1.165, 1.54) is 6.08 Å². The minimum atomic E-state index is -0.829. The van der Waals surface area contributed by atoms with Gasteiger partial charge in [0.25, 0.3) is 0 Å². The van der Waals surface area contributed by atoms with E-state index in [4.69, 9.17) is 5.11 Å². The van der Waals surface area contributed by atoms with Crippen molar-refractivity contribution >= 4 is 5.97 Å². The van der Waals surface area contributed by atoms with Crippen molar-refractivity contribution in [1.82, 2.24) is 9.80 Å². The highest BCUT2D eigenvalue weighted by atomic mass is 16.4. The van der Waals surface area contributed by atoms with Crippen LogP contribution >= 0.6 is 0 Å². The predicted molar refractivity (Wildman–Crippen MR) is 52.0 cm³/mol. The zero-order valence-corrected chi connectivity index (χ0v) is 8.10. The Hall–Kier alpha value is -1.45. The lowest BCUT2D eigenvalue weighted by molar-refractivity contribution is -0.135. The SMILES string of the molecule is C=CCC(=O)O.CN1C=CN(C)C1. The van der Waals surface area contributed by atoms with Gasteiger partial charge in [0.05, 0.1) is 13.1 Å². The first kappa shape index (κ1) is 11.6. The van der Waals surface area contributed by atoms with Crippen molar-refractivity contribution in [1.29, 1.82) is 0 Å². The maximum Gasteiger partial charge on any atom is 0.307 e. The number of carboxylic acids is 1. The average Bonchev–Trinajstić information content (AvgIpc) is 2.35. The van der Waals surface area contributed by atoms with Crippen LogP contribution in [0.15, 0.2) is 25.1 Å². The van der Waals surface area contributed by atoms with Crippen LogP contribution in [0.1, 0.15) is 6.42 Å². The molecule has 0 aromatic rings. The molecular formula is C9H16N2O2. The lowest BCUT2D eigenvalue weighted by Gasteiger charge is -2.10. The first-order valence-electron chi connectivity index (χ1n) is 3.97. The summed E-state index contributed by atoms with van der Waals surface area (Å²) in [7, 11) is 4.11. The van der Waals surface area contributed by atoms with Gasteiger partial charge in [0, 0.05) is 26.5 Å². The Balaban J connectivity index is 0.000000226. The van der Waals surface area contributed by atoms with Gasteiger partial charge in [-0.25, -0.2) is 0 Å². The van der Waals surface area contributed by atoms with Crippen molar-refractivity contribution in [2.75, 3.05) is 20.8 Å². The molecule has 0 amide bonds. The molecule has 0 fully saturated rings. The molecule has 0 radical (unpaired) electrons. The van der Waals surface area contributed by atoms with Gasteiger partial charge >= 0.3 is 5.97 Å². The van der Waals surface area contributed by atoms with Gasteiger partial charge in [-0.2, -0.15) is 0 Å². The maximum atomic E-state index is 9.53. The van der Waals surface area contributed by atoms with Crippen molar-refractivity contribution in [3.05, 3.63) is 25.1 Å². The monoisotopic (exact) mass is 184 g/mol. The van der Waals surface area contributed by atoms with Crippen LogP contribution in [0.5, 0.6) is 0 Å². The third-order valence-corrected chi connectivity index (χ3v) is 1.34. The number of carbonyl (C=O) groups is 1. The Morgan fingerprint density at radius 1 is 1.54 bits per heavy atom. The molecule has 1 rings (SSSR count). The molecule has 4 nitrogen and oxygen atoms in total. The molecule has 4 heteroatoms. The first-order valence-corrected chi connectivity index (χ1v) is 3.97. The molecule has 0 spiro atoms. The van der Waals surface area contributed by atoms with Gasteiger partial charge in [0.1, 0.15) is 0 Å². The summed E-state index contributed by atoms with van der Waals surface area (Å²) in [4.78, 5) is 13.8. The van der Waals surface area contributed by atoms with E-state index in [2.05, 4.69) is 42.9 Å². The Morgan fingerprint density at radius 2 is 2.00 bits per heavy atom. The van der Waals surface area contributed by atoms with E-state index < -0.39 is 5.97 Å². The minimum absolute atomic E-state index is 0.0556. The number of rotatable bonds is 2. The molecule has 1 heterocycles. The second kappa shape index (κ2) is 6.11. The summed E-state index contributed by atoms with van der Waals surface area (Å²) in [6.07, 6.45) is 5.52. The quantitative estimate of drug-likeness (QED) is 0.649. The van der Waals surface area contributed by atoms with E-state index >= 15 is 0 Å². The Morgan fingerprint density at radius 3 is 2.08 bits per heavy atom. The van der Waals surface area contributed by atoms with Crippen molar-refractivity contribution in [3.8, 4) is 0 Å². The fraction of sp³-hybridized carbons (Fsp3) is 0.444. The molecule has 0 saturated carbocycles. The van der Waals surface area contributed by atoms with Crippen LogP contribution in [-0.2, 0) is 4.79 Å². The van der Waals surface area contributed by atoms with Crippen molar-refractivity contribution in [2.45, 2.75) is 6.42 Å². The van der Waals surface area contributed by atoms with E-state index in [-0.39, 0.29) is 6.42 Å². The molecule has 74 valence electrons. The third kappa shape index (κ3) is 6.93. The summed E-state index contributed by atoms with van der Waals surface area (Å²) < 4.78 is 0. The van der Waals surface area contributed by atoms with E-state index in [9.17, 15) is 4.79 Å². The number of carboxylic acid groups (broad SMARTS) is 1. The van der Waals surface area contributed by atoms with Crippen molar-refractivity contribution in [3.63, 3.8) is 0 Å². The molecule has 0 saturated heterocycles. The molecule has 0 aromatic heterocycles. The van der Waals surface area contributed by atoms with Crippen LogP contribution in [-0.4, -0.2) is 41.6 Å². The first-order chi connectivity index (χ1) is 6.06. The van der Waals surface area contributed by atoms with Gasteiger partial charge in [0.2, 0.25) is 0 Å². The number of hydrogen-bond donors (Lipinski definition) is 1. The second-order valence-electron chi connectivity index (χ2n) is 2.84. The van der Waals surface area contributed by atoms with E-state index in [0.717, 1.165) is 6.67 Å². The Kier molecular flexibility index (Phi) is 5.43. The normalized spacial score (nSPS) is 13.7. The highest BCUT2D eigenvalue weighted by Crippen LogP contribution is 1.97. The van der Waals surface area contributed by atoms with Crippen LogP contribution in [0.25, 0.3) is 0 Å². The predicted octanol–water partition coefficient (Wildman–Crippen LogP) is 0.939. The fourth-order valence-corrected chi connectivity index (χ4v) is 0.797. The Bertz CT molecular complexity index is 192. The maximum absolute atomic E-state index is 9.53. The summed E-state index contributed by atoms with van der Waals surface area (Å²) in [6.45, 7) is 4.25. The average molecular weight is 184 g/mol. The molecule has 0 bridgehead atoms. The summed E-state index contributed by atoms with van der Waals surface area (Å²) in [5.41, 5.74) is 0. The van der Waals surface area contributed by atoms with E-state index in [0.29, 0.717) is 0 Å². The molecule has 0 atom stereocenters. The molecule has 1 aliphatic rings. The van der Waals surface area contributed by atoms with Crippen molar-refractivity contribution in [2.24, 2.45) is 0 Å². The number of nitrogens with zero attached hydrogens (tertiary/aromatic N) is 2. The highest BCUT2D eigenvalue weighted by molar-refractivity contribution is 5.68. The standard InChI is InChI=1S/C5H10N2.C4H6O2/c1-6-3-4-7(2)5-6;1-2-3-4(5)6/h3-4H,5H2,1-2H3;2H,1,3H2,(H,5,6). The van der Waals surface area contributed by atoms with Gasteiger partial charge in [-0.05, 0) is 0 Å². The van der Waals surface area contributed by atoms with Crippen LogP contribution < -0.4 is 0 Å². The van der Waals surface area contributed by atoms with E-state index in [1.807, 2.05) is 0 Å². The Labute approximate surface area is 78.8 Å². The van der Waals surface area contributed by atoms with Gasteiger partial charge in [-0.15, -0.1) is 6.58 Å². The van der Waals surface area contributed by atoms with Crippen LogP contribution in [0.2, 0.25) is 0 Å². The molecule has 1 aliphatic heterocycles. The zero-order chi connectivity index (χ0) is 10.3. The van der Waals surface area contributed by atoms with Gasteiger partial charge < -0.3 is 14.9 Å². The smallest absolute Gasteiger partial charge is 0.307 e. The third-order valence-electron chi connectivity index (χ3n) is 1.34. The van der Waals surface area contributed by atoms with Gasteiger partial charge in [-0.1, -0.05) is 6.08 Å². The molecule has 0 aromatic carbocycles. The topological polar surface area (TPSA) is 43.8 Å². The molecular weight excluding hydrogens is 168 g/mol. The fourth-order valence-electron chi connectivity index (χ4n) is 0.797. The van der Waals surface area contributed by atoms with Gasteiger partial charge in [-0.3, -0.25) is 4.79 Å². The largest absolute Gasteiger partial charge is 0.481 e. The number of hydrogen-bond acceptors (Lipinski definition) is 3. The van der Waals surface area contributed by atoms with Gasteiger partial charge in [0.15, 0.2) is 0 Å². The lowest BCUT2D eigenvalue weighted by Crippen LogP contribution is -2.17. The summed E-state index contributed by atoms with van der Waals surface area (Å²) in [5.74, 6) is -0.829. The molecule has 1 N–H and O–H groups in total. The van der Waals surface area contributed by atoms with E-state index in [1.54, 1.807) is 0 Å². The summed E-state index contributed by atoms with van der Waals surface area (Å²) >= 11 is 0.